The summed E-state index contributed by atoms with van der Waals surface area (Å²) in [6.07, 6.45) is 5.55. The van der Waals surface area contributed by atoms with E-state index in [9.17, 15) is 14.7 Å². The monoisotopic (exact) mass is 490 g/mol. The van der Waals surface area contributed by atoms with Gasteiger partial charge < -0.3 is 24.5 Å². The first-order valence-electron chi connectivity index (χ1n) is 12.0. The molecule has 2 aromatic heterocycles. The van der Waals surface area contributed by atoms with Crippen LogP contribution in [0.25, 0.3) is 22.4 Å². The van der Waals surface area contributed by atoms with Gasteiger partial charge in [0.1, 0.15) is 17.4 Å². The molecule has 0 spiro atoms. The molecule has 1 saturated heterocycles. The summed E-state index contributed by atoms with van der Waals surface area (Å²) in [6, 6.07) is 5.37. The Morgan fingerprint density at radius 3 is 2.56 bits per heavy atom. The largest absolute Gasteiger partial charge is 0.496 e. The summed E-state index contributed by atoms with van der Waals surface area (Å²) < 4.78 is 13.4. The Hall–Kier alpha value is -3.56. The minimum atomic E-state index is -1.22. The lowest BCUT2D eigenvalue weighted by Gasteiger charge is -2.39. The predicted octanol–water partition coefficient (Wildman–Crippen LogP) is 3.48. The normalized spacial score (nSPS) is 19.3. The van der Waals surface area contributed by atoms with Gasteiger partial charge in [-0.1, -0.05) is 20.8 Å². The van der Waals surface area contributed by atoms with E-state index in [1.165, 1.54) is 12.3 Å². The van der Waals surface area contributed by atoms with Crippen molar-refractivity contribution >= 4 is 5.97 Å². The third-order valence-electron chi connectivity index (χ3n) is 6.96. The van der Waals surface area contributed by atoms with Crippen LogP contribution in [0, 0.1) is 5.41 Å². The van der Waals surface area contributed by atoms with Crippen molar-refractivity contribution in [2.45, 2.75) is 39.3 Å². The molecule has 1 fully saturated rings. The average Bonchev–Trinajstić information content (AvgIpc) is 2.87. The number of rotatable bonds is 4. The van der Waals surface area contributed by atoms with Gasteiger partial charge in [-0.2, -0.15) is 0 Å². The molecule has 0 bridgehead atoms. The lowest BCUT2D eigenvalue weighted by Crippen LogP contribution is -2.34. The highest BCUT2D eigenvalue weighted by atomic mass is 16.5. The van der Waals surface area contributed by atoms with Crippen LogP contribution in [0.3, 0.4) is 0 Å². The van der Waals surface area contributed by atoms with E-state index in [2.05, 4.69) is 42.1 Å². The second kappa shape index (κ2) is 9.15. The van der Waals surface area contributed by atoms with Crippen molar-refractivity contribution in [3.63, 3.8) is 0 Å². The lowest BCUT2D eigenvalue weighted by atomic mass is 9.78. The van der Waals surface area contributed by atoms with Crippen molar-refractivity contribution in [2.24, 2.45) is 5.41 Å². The smallest absolute Gasteiger partial charge is 0.341 e. The Morgan fingerprint density at radius 1 is 1.19 bits per heavy atom. The highest BCUT2D eigenvalue weighted by Gasteiger charge is 2.34. The number of hydrogen-bond acceptors (Lipinski definition) is 7. The maximum absolute atomic E-state index is 12.6. The summed E-state index contributed by atoms with van der Waals surface area (Å²) in [5.74, 6) is 0.0361. The first-order chi connectivity index (χ1) is 17.2. The van der Waals surface area contributed by atoms with Crippen LogP contribution in [0.15, 0.2) is 41.6 Å². The van der Waals surface area contributed by atoms with Crippen LogP contribution in [-0.4, -0.2) is 52.4 Å². The van der Waals surface area contributed by atoms with Crippen LogP contribution in [0.2, 0.25) is 0 Å². The maximum atomic E-state index is 12.6. The van der Waals surface area contributed by atoms with Gasteiger partial charge in [-0.15, -0.1) is 0 Å². The average molecular weight is 491 g/mol. The first-order valence-corrected chi connectivity index (χ1v) is 12.0. The second-order valence-electron chi connectivity index (χ2n) is 10.3. The number of ether oxygens (including phenoxy) is 2. The molecule has 2 aliphatic heterocycles. The molecule has 0 saturated carbocycles. The SMILES string of the molecule is COc1cc2c(cc1-c1cnc(C3CNCCO3)nc1)CC(C(C)(C)C)n1cc(C(=O)O)c(=O)cc1-2. The zero-order chi connectivity index (χ0) is 25.6. The summed E-state index contributed by atoms with van der Waals surface area (Å²) in [5, 5.41) is 12.8. The summed E-state index contributed by atoms with van der Waals surface area (Å²) in [5.41, 5.74) is 3.34. The quantitative estimate of drug-likeness (QED) is 0.571. The maximum Gasteiger partial charge on any atom is 0.341 e. The van der Waals surface area contributed by atoms with Gasteiger partial charge in [0.2, 0.25) is 0 Å². The number of aromatic nitrogens is 3. The van der Waals surface area contributed by atoms with Gasteiger partial charge in [-0.05, 0) is 29.5 Å². The van der Waals surface area contributed by atoms with Crippen molar-refractivity contribution < 1.29 is 19.4 Å². The van der Waals surface area contributed by atoms with E-state index in [0.717, 1.165) is 28.8 Å². The minimum absolute atomic E-state index is 0.0467. The Kier molecular flexibility index (Phi) is 6.13. The number of pyridine rings is 1. The number of benzene rings is 1. The number of fused-ring (bicyclic) bond motifs is 3. The molecule has 3 aromatic rings. The number of nitrogens with one attached hydrogen (secondary N) is 1. The van der Waals surface area contributed by atoms with E-state index in [0.29, 0.717) is 36.8 Å². The molecule has 1 aromatic carbocycles. The van der Waals surface area contributed by atoms with Crippen molar-refractivity contribution in [2.75, 3.05) is 26.8 Å². The van der Waals surface area contributed by atoms with Crippen LogP contribution in [0.5, 0.6) is 5.75 Å². The zero-order valence-corrected chi connectivity index (χ0v) is 20.9. The standard InChI is InChI=1S/C27H30N4O5/c1-27(2,3)24-8-15-7-18(16-11-29-25(30-12-16)23-13-28-5-6-36-23)22(35-4)9-17(15)20-10-21(32)19(26(33)34)14-31(20)24/h7,9-12,14,23-24,28H,5-6,8,13H2,1-4H3,(H,33,34). The molecule has 0 aliphatic carbocycles. The lowest BCUT2D eigenvalue weighted by molar-refractivity contribution is 0.0221. The van der Waals surface area contributed by atoms with Crippen LogP contribution < -0.4 is 15.5 Å². The second-order valence-corrected chi connectivity index (χ2v) is 10.3. The Balaban J connectivity index is 1.62. The number of nitrogens with zero attached hydrogens (tertiary/aromatic N) is 3. The highest BCUT2D eigenvalue weighted by Crippen LogP contribution is 2.45. The summed E-state index contributed by atoms with van der Waals surface area (Å²) >= 11 is 0. The van der Waals surface area contributed by atoms with Crippen LogP contribution in [-0.2, 0) is 11.2 Å². The molecule has 2 N–H and O–H groups in total. The van der Waals surface area contributed by atoms with Gasteiger partial charge >= 0.3 is 5.97 Å². The number of hydrogen-bond donors (Lipinski definition) is 2. The topological polar surface area (TPSA) is 116 Å². The van der Waals surface area contributed by atoms with E-state index in [1.54, 1.807) is 19.5 Å². The molecule has 9 heteroatoms. The van der Waals surface area contributed by atoms with E-state index >= 15 is 0 Å². The number of carboxylic acid groups (broad SMARTS) is 1. The minimum Gasteiger partial charge on any atom is -0.496 e. The molecule has 0 amide bonds. The van der Waals surface area contributed by atoms with E-state index < -0.39 is 11.4 Å². The number of methoxy groups -OCH3 is 1. The van der Waals surface area contributed by atoms with E-state index in [1.807, 2.05) is 10.6 Å². The predicted molar refractivity (Wildman–Crippen MR) is 134 cm³/mol. The highest BCUT2D eigenvalue weighted by molar-refractivity contribution is 5.88. The summed E-state index contributed by atoms with van der Waals surface area (Å²) in [6.45, 7) is 8.47. The molecule has 0 radical (unpaired) electrons. The van der Waals surface area contributed by atoms with Gasteiger partial charge in [0.15, 0.2) is 11.3 Å². The number of carboxylic acids is 1. The third-order valence-corrected chi connectivity index (χ3v) is 6.96. The van der Waals surface area contributed by atoms with Crippen LogP contribution in [0.1, 0.15) is 54.7 Å². The number of aromatic carboxylic acids is 1. The Morgan fingerprint density at radius 2 is 1.94 bits per heavy atom. The van der Waals surface area contributed by atoms with Crippen molar-refractivity contribution in [1.29, 1.82) is 0 Å². The molecular weight excluding hydrogens is 460 g/mol. The fourth-order valence-electron chi connectivity index (χ4n) is 5.02. The molecule has 2 atom stereocenters. The molecule has 4 heterocycles. The third kappa shape index (κ3) is 4.29. The number of carbonyl (C=O) groups is 1. The van der Waals surface area contributed by atoms with Gasteiger partial charge in [0.25, 0.3) is 0 Å². The van der Waals surface area contributed by atoms with Gasteiger partial charge in [-0.25, -0.2) is 14.8 Å². The first kappa shape index (κ1) is 24.1. The zero-order valence-electron chi connectivity index (χ0n) is 20.9. The molecule has 5 rings (SSSR count). The summed E-state index contributed by atoms with van der Waals surface area (Å²) in [7, 11) is 1.60. The van der Waals surface area contributed by atoms with Crippen molar-refractivity contribution in [3.05, 3.63) is 64.0 Å². The molecule has 9 nitrogen and oxygen atoms in total. The van der Waals surface area contributed by atoms with Crippen LogP contribution >= 0.6 is 0 Å². The van der Waals surface area contributed by atoms with Gasteiger partial charge in [0, 0.05) is 60.5 Å². The molecule has 36 heavy (non-hydrogen) atoms. The van der Waals surface area contributed by atoms with Gasteiger partial charge in [-0.3, -0.25) is 4.79 Å². The molecular formula is C27H30N4O5. The van der Waals surface area contributed by atoms with Crippen molar-refractivity contribution in [3.8, 4) is 28.1 Å². The van der Waals surface area contributed by atoms with E-state index in [-0.39, 0.29) is 23.1 Å². The molecule has 2 unspecified atom stereocenters. The molecule has 2 aliphatic rings. The molecule has 188 valence electrons. The fraction of sp³-hybridized carbons (Fsp3) is 0.407. The number of morpholine rings is 1. The Bertz CT molecular complexity index is 1370. The fourth-order valence-corrected chi connectivity index (χ4v) is 5.02. The van der Waals surface area contributed by atoms with Crippen molar-refractivity contribution in [1.82, 2.24) is 19.9 Å². The Labute approximate surface area is 209 Å². The van der Waals surface area contributed by atoms with Gasteiger partial charge in [0.05, 0.1) is 19.4 Å². The summed E-state index contributed by atoms with van der Waals surface area (Å²) in [4.78, 5) is 33.5. The van der Waals surface area contributed by atoms with E-state index in [4.69, 9.17) is 9.47 Å². The van der Waals surface area contributed by atoms with Crippen LogP contribution in [0.4, 0.5) is 0 Å².